The summed E-state index contributed by atoms with van der Waals surface area (Å²) in [5, 5.41) is 6.90. The van der Waals surface area contributed by atoms with Crippen LogP contribution < -0.4 is 11.1 Å². The Labute approximate surface area is 111 Å². The number of anilines is 1. The molecule has 2 aromatic heterocycles. The van der Waals surface area contributed by atoms with Crippen LogP contribution in [0.25, 0.3) is 0 Å². The maximum absolute atomic E-state index is 12.1. The number of nitrogens with two attached hydrogens (primary N) is 1. The molecule has 0 aromatic carbocycles. The summed E-state index contributed by atoms with van der Waals surface area (Å²) < 4.78 is 7.13. The molecule has 0 spiro atoms. The third kappa shape index (κ3) is 2.78. The van der Waals surface area contributed by atoms with Crippen LogP contribution in [0.4, 0.5) is 5.69 Å². The average molecular weight is 262 g/mol. The van der Waals surface area contributed by atoms with Crippen LogP contribution >= 0.6 is 0 Å². The first kappa shape index (κ1) is 13.2. The third-order valence-corrected chi connectivity index (χ3v) is 3.07. The molecule has 0 aliphatic carbocycles. The van der Waals surface area contributed by atoms with E-state index < -0.39 is 0 Å². The van der Waals surface area contributed by atoms with Gasteiger partial charge in [-0.15, -0.1) is 0 Å². The molecule has 3 N–H and O–H groups in total. The van der Waals surface area contributed by atoms with Crippen LogP contribution in [0.2, 0.25) is 0 Å². The van der Waals surface area contributed by atoms with Gasteiger partial charge in [0.25, 0.3) is 5.91 Å². The van der Waals surface area contributed by atoms with Crippen LogP contribution in [0.3, 0.4) is 0 Å². The number of nitrogens with one attached hydrogen (secondary N) is 1. The molecule has 6 heteroatoms. The van der Waals surface area contributed by atoms with Gasteiger partial charge in [-0.2, -0.15) is 5.10 Å². The van der Waals surface area contributed by atoms with Gasteiger partial charge in [-0.1, -0.05) is 0 Å². The molecular formula is C13H18N4O2. The smallest absolute Gasteiger partial charge is 0.255 e. The Morgan fingerprint density at radius 2 is 2.16 bits per heavy atom. The van der Waals surface area contributed by atoms with E-state index in [4.69, 9.17) is 10.2 Å². The van der Waals surface area contributed by atoms with E-state index in [-0.39, 0.29) is 5.91 Å². The Bertz CT molecular complexity index is 598. The van der Waals surface area contributed by atoms with Crippen molar-refractivity contribution in [3.63, 3.8) is 0 Å². The molecule has 0 saturated heterocycles. The summed E-state index contributed by atoms with van der Waals surface area (Å²) >= 11 is 0. The summed E-state index contributed by atoms with van der Waals surface area (Å²) in [5.74, 6) is 1.31. The molecular weight excluding hydrogens is 244 g/mol. The van der Waals surface area contributed by atoms with Gasteiger partial charge in [-0.3, -0.25) is 9.48 Å². The number of nitrogen functional groups attached to an aromatic ring is 1. The zero-order chi connectivity index (χ0) is 14.0. The molecule has 0 radical (unpaired) electrons. The highest BCUT2D eigenvalue weighted by molar-refractivity contribution is 5.96. The zero-order valence-corrected chi connectivity index (χ0v) is 11.4. The van der Waals surface area contributed by atoms with Crippen LogP contribution in [-0.2, 0) is 6.54 Å². The molecule has 102 valence electrons. The lowest BCUT2D eigenvalue weighted by Gasteiger charge is -2.05. The number of nitrogens with zero attached hydrogens (tertiary/aromatic N) is 2. The Kier molecular flexibility index (Phi) is 3.59. The van der Waals surface area contributed by atoms with E-state index in [0.717, 1.165) is 11.3 Å². The van der Waals surface area contributed by atoms with Crippen molar-refractivity contribution in [2.45, 2.75) is 27.3 Å². The van der Waals surface area contributed by atoms with Crippen molar-refractivity contribution in [3.05, 3.63) is 35.0 Å². The summed E-state index contributed by atoms with van der Waals surface area (Å²) in [4.78, 5) is 12.1. The Balaban J connectivity index is 1.94. The van der Waals surface area contributed by atoms with Crippen molar-refractivity contribution in [3.8, 4) is 0 Å². The Morgan fingerprint density at radius 1 is 1.42 bits per heavy atom. The van der Waals surface area contributed by atoms with Gasteiger partial charge in [0.2, 0.25) is 0 Å². The SMILES string of the molecule is Cc1oc(C)c(C(=O)NCCn2cc(N)cn2)c1C. The van der Waals surface area contributed by atoms with Gasteiger partial charge in [0.05, 0.1) is 24.0 Å². The molecule has 2 heterocycles. The van der Waals surface area contributed by atoms with Gasteiger partial charge < -0.3 is 15.5 Å². The van der Waals surface area contributed by atoms with Gasteiger partial charge >= 0.3 is 0 Å². The first-order chi connectivity index (χ1) is 8.99. The first-order valence-corrected chi connectivity index (χ1v) is 6.11. The lowest BCUT2D eigenvalue weighted by Crippen LogP contribution is -2.28. The van der Waals surface area contributed by atoms with Crippen LogP contribution in [0.5, 0.6) is 0 Å². The predicted molar refractivity (Wildman–Crippen MR) is 71.9 cm³/mol. The fourth-order valence-electron chi connectivity index (χ4n) is 2.00. The highest BCUT2D eigenvalue weighted by Crippen LogP contribution is 2.20. The number of rotatable bonds is 4. The average Bonchev–Trinajstić information content (AvgIpc) is 2.84. The fraction of sp³-hybridized carbons (Fsp3) is 0.385. The summed E-state index contributed by atoms with van der Waals surface area (Å²) in [6.07, 6.45) is 3.31. The number of amides is 1. The van der Waals surface area contributed by atoms with Crippen LogP contribution in [0.1, 0.15) is 27.4 Å². The summed E-state index contributed by atoms with van der Waals surface area (Å²) in [7, 11) is 0. The Hall–Kier alpha value is -2.24. The van der Waals surface area contributed by atoms with Gasteiger partial charge in [0, 0.05) is 18.3 Å². The van der Waals surface area contributed by atoms with Crippen LogP contribution in [0.15, 0.2) is 16.8 Å². The highest BCUT2D eigenvalue weighted by Gasteiger charge is 2.17. The van der Waals surface area contributed by atoms with Crippen LogP contribution in [-0.4, -0.2) is 22.2 Å². The number of furan rings is 1. The molecule has 0 aliphatic rings. The second-order valence-corrected chi connectivity index (χ2v) is 4.51. The zero-order valence-electron chi connectivity index (χ0n) is 11.4. The maximum Gasteiger partial charge on any atom is 0.255 e. The van der Waals surface area contributed by atoms with Gasteiger partial charge in [-0.25, -0.2) is 0 Å². The fourth-order valence-corrected chi connectivity index (χ4v) is 2.00. The number of aryl methyl sites for hydroxylation is 2. The lowest BCUT2D eigenvalue weighted by molar-refractivity contribution is 0.0950. The largest absolute Gasteiger partial charge is 0.466 e. The van der Waals surface area contributed by atoms with E-state index in [0.29, 0.717) is 30.1 Å². The molecule has 0 atom stereocenters. The number of carbonyl (C=O) groups is 1. The van der Waals surface area contributed by atoms with E-state index in [9.17, 15) is 4.79 Å². The lowest BCUT2D eigenvalue weighted by atomic mass is 10.1. The summed E-state index contributed by atoms with van der Waals surface area (Å²) in [6.45, 7) is 6.60. The van der Waals surface area contributed by atoms with E-state index in [1.807, 2.05) is 13.8 Å². The van der Waals surface area contributed by atoms with E-state index in [2.05, 4.69) is 10.4 Å². The summed E-state index contributed by atoms with van der Waals surface area (Å²) in [5.41, 5.74) is 7.68. The quantitative estimate of drug-likeness (QED) is 0.872. The van der Waals surface area contributed by atoms with Crippen molar-refractivity contribution in [2.75, 3.05) is 12.3 Å². The van der Waals surface area contributed by atoms with E-state index in [1.54, 1.807) is 24.0 Å². The van der Waals surface area contributed by atoms with Crippen molar-refractivity contribution < 1.29 is 9.21 Å². The highest BCUT2D eigenvalue weighted by atomic mass is 16.3. The summed E-state index contributed by atoms with van der Waals surface area (Å²) in [6, 6.07) is 0. The number of carbonyl (C=O) groups excluding carboxylic acids is 1. The van der Waals surface area contributed by atoms with Gasteiger partial charge in [0.1, 0.15) is 11.5 Å². The minimum Gasteiger partial charge on any atom is -0.466 e. The number of hydrogen-bond donors (Lipinski definition) is 2. The minimum absolute atomic E-state index is 0.119. The second kappa shape index (κ2) is 5.17. The van der Waals surface area contributed by atoms with Crippen molar-refractivity contribution >= 4 is 11.6 Å². The Morgan fingerprint density at radius 3 is 2.68 bits per heavy atom. The van der Waals surface area contributed by atoms with Crippen molar-refractivity contribution in [1.82, 2.24) is 15.1 Å². The topological polar surface area (TPSA) is 86.1 Å². The molecule has 19 heavy (non-hydrogen) atoms. The molecule has 1 amide bonds. The van der Waals surface area contributed by atoms with Crippen LogP contribution in [0, 0.1) is 20.8 Å². The van der Waals surface area contributed by atoms with Crippen molar-refractivity contribution in [2.24, 2.45) is 0 Å². The second-order valence-electron chi connectivity index (χ2n) is 4.51. The molecule has 2 rings (SSSR count). The molecule has 0 fully saturated rings. The maximum atomic E-state index is 12.1. The minimum atomic E-state index is -0.119. The molecule has 0 saturated carbocycles. The molecule has 6 nitrogen and oxygen atoms in total. The van der Waals surface area contributed by atoms with Gasteiger partial charge in [0.15, 0.2) is 0 Å². The molecule has 0 aliphatic heterocycles. The predicted octanol–water partition coefficient (Wildman–Crippen LogP) is 1.41. The number of aromatic nitrogens is 2. The van der Waals surface area contributed by atoms with E-state index in [1.165, 1.54) is 0 Å². The molecule has 0 bridgehead atoms. The first-order valence-electron chi connectivity index (χ1n) is 6.11. The monoisotopic (exact) mass is 262 g/mol. The molecule has 0 unspecified atom stereocenters. The standard InChI is InChI=1S/C13H18N4O2/c1-8-9(2)19-10(3)12(8)13(18)15-4-5-17-7-11(14)6-16-17/h6-7H,4-5,14H2,1-3H3,(H,15,18). The van der Waals surface area contributed by atoms with Gasteiger partial charge in [-0.05, 0) is 20.8 Å². The third-order valence-electron chi connectivity index (χ3n) is 3.07. The van der Waals surface area contributed by atoms with Crippen molar-refractivity contribution in [1.29, 1.82) is 0 Å². The molecule has 2 aromatic rings. The number of hydrogen-bond acceptors (Lipinski definition) is 4. The van der Waals surface area contributed by atoms with E-state index >= 15 is 0 Å². The normalized spacial score (nSPS) is 10.7.